The average Bonchev–Trinajstić information content (AvgIpc) is 2.44. The molecule has 0 aromatic heterocycles. The summed E-state index contributed by atoms with van der Waals surface area (Å²) in [6.45, 7) is 1.78. The van der Waals surface area contributed by atoms with Crippen LogP contribution in [0.2, 0.25) is 0 Å². The molecule has 1 nitrogen and oxygen atoms in total. The van der Waals surface area contributed by atoms with Crippen LogP contribution < -0.4 is 0 Å². The van der Waals surface area contributed by atoms with Gasteiger partial charge in [-0.05, 0) is 6.42 Å². The number of alkyl halides is 11. The Bertz CT molecular complexity index is 417. The van der Waals surface area contributed by atoms with Crippen molar-refractivity contribution in [2.24, 2.45) is 0 Å². The molecular weight excluding hydrogens is 381 g/mol. The van der Waals surface area contributed by atoms with Crippen LogP contribution in [0, 0.1) is 0 Å². The van der Waals surface area contributed by atoms with Crippen molar-refractivity contribution >= 4 is 0 Å². The van der Waals surface area contributed by atoms with Gasteiger partial charge in [0.05, 0.1) is 0 Å². The van der Waals surface area contributed by atoms with Crippen molar-refractivity contribution in [1.29, 1.82) is 0 Å². The molecule has 0 aromatic rings. The Hall–Kier alpha value is -0.810. The highest BCUT2D eigenvalue weighted by Crippen LogP contribution is 2.58. The fourth-order valence-corrected chi connectivity index (χ4v) is 1.92. The molecule has 0 aliphatic heterocycles. The molecule has 0 spiro atoms. The molecular formula is C13H17F11O. The topological polar surface area (TPSA) is 20.2 Å². The van der Waals surface area contributed by atoms with Gasteiger partial charge in [0.1, 0.15) is 6.10 Å². The average molecular weight is 398 g/mol. The molecule has 0 aliphatic rings. The largest absolute Gasteiger partial charge is 0.460 e. The Morgan fingerprint density at radius 2 is 1.08 bits per heavy atom. The molecule has 1 atom stereocenters. The van der Waals surface area contributed by atoms with Gasteiger partial charge in [0.25, 0.3) is 0 Å². The number of unbranched alkanes of at least 4 members (excludes halogenated alkanes) is 4. The summed E-state index contributed by atoms with van der Waals surface area (Å²) < 4.78 is 140. The van der Waals surface area contributed by atoms with E-state index >= 15 is 0 Å². The van der Waals surface area contributed by atoms with Crippen LogP contribution in [0.4, 0.5) is 48.3 Å². The first-order valence-electron chi connectivity index (χ1n) is 7.24. The van der Waals surface area contributed by atoms with Gasteiger partial charge in [-0.1, -0.05) is 39.0 Å². The van der Waals surface area contributed by atoms with E-state index in [2.05, 4.69) is 0 Å². The van der Waals surface area contributed by atoms with Crippen molar-refractivity contribution in [1.82, 2.24) is 0 Å². The summed E-state index contributed by atoms with van der Waals surface area (Å²) >= 11 is 0. The van der Waals surface area contributed by atoms with Crippen LogP contribution in [0.5, 0.6) is 0 Å². The van der Waals surface area contributed by atoms with E-state index in [1.165, 1.54) is 0 Å². The van der Waals surface area contributed by atoms with E-state index in [0.717, 1.165) is 6.42 Å². The molecule has 0 fully saturated rings. The molecule has 1 unspecified atom stereocenters. The maximum Gasteiger partial charge on any atom is 0.460 e. The van der Waals surface area contributed by atoms with Gasteiger partial charge in [0.2, 0.25) is 0 Å². The van der Waals surface area contributed by atoms with Crippen LogP contribution in [0.3, 0.4) is 0 Å². The van der Waals surface area contributed by atoms with Crippen LogP contribution >= 0.6 is 0 Å². The molecule has 152 valence electrons. The number of hydrogen-bond acceptors (Lipinski definition) is 1. The Labute approximate surface area is 136 Å². The summed E-state index contributed by atoms with van der Waals surface area (Å²) in [5, 5.41) is 9.01. The van der Waals surface area contributed by atoms with Gasteiger partial charge >= 0.3 is 29.9 Å². The van der Waals surface area contributed by atoms with Gasteiger partial charge in [0.15, 0.2) is 0 Å². The number of aliphatic hydroxyl groups is 1. The van der Waals surface area contributed by atoms with Crippen molar-refractivity contribution in [2.45, 2.75) is 81.4 Å². The summed E-state index contributed by atoms with van der Waals surface area (Å²) in [7, 11) is 0. The SMILES string of the molecule is CCCCCCCC(O)C(F)(F)C(F)(F)C(F)(F)C(F)(F)C(F)(F)F. The smallest absolute Gasteiger partial charge is 0.387 e. The maximum atomic E-state index is 13.4. The number of aliphatic hydroxyl groups excluding tert-OH is 1. The molecule has 0 amide bonds. The standard InChI is InChI=1S/C13H17F11O/c1-2-3-4-5-6-7-8(25)9(14,15)10(16,17)11(18,19)12(20,21)13(22,23)24/h8,25H,2-7H2,1H3. The third-order valence-electron chi connectivity index (χ3n) is 3.56. The minimum absolute atomic E-state index is 0.154. The van der Waals surface area contributed by atoms with Crippen molar-refractivity contribution in [2.75, 3.05) is 0 Å². The summed E-state index contributed by atoms with van der Waals surface area (Å²) in [4.78, 5) is 0. The van der Waals surface area contributed by atoms with Crippen molar-refractivity contribution in [3.8, 4) is 0 Å². The monoisotopic (exact) mass is 398 g/mol. The number of halogens is 11. The molecule has 0 bridgehead atoms. The van der Waals surface area contributed by atoms with Crippen LogP contribution in [0.15, 0.2) is 0 Å². The van der Waals surface area contributed by atoms with Crippen LogP contribution in [0.1, 0.15) is 45.4 Å². The maximum absolute atomic E-state index is 13.4. The Balaban J connectivity index is 5.37. The lowest BCUT2D eigenvalue weighted by molar-refractivity contribution is -0.428. The predicted molar refractivity (Wildman–Crippen MR) is 65.2 cm³/mol. The zero-order valence-electron chi connectivity index (χ0n) is 12.9. The Morgan fingerprint density at radius 3 is 1.48 bits per heavy atom. The highest BCUT2D eigenvalue weighted by atomic mass is 19.4. The third-order valence-corrected chi connectivity index (χ3v) is 3.56. The molecule has 1 N–H and O–H groups in total. The van der Waals surface area contributed by atoms with Gasteiger partial charge in [-0.25, -0.2) is 0 Å². The summed E-state index contributed by atoms with van der Waals surface area (Å²) in [5.74, 6) is -28.2. The lowest BCUT2D eigenvalue weighted by atomic mass is 9.92. The van der Waals surface area contributed by atoms with Crippen LogP contribution in [-0.2, 0) is 0 Å². The second-order valence-corrected chi connectivity index (χ2v) is 5.56. The first-order chi connectivity index (χ1) is 11.0. The molecule has 0 aromatic carbocycles. The molecule has 0 radical (unpaired) electrons. The molecule has 12 heteroatoms. The van der Waals surface area contributed by atoms with E-state index in [4.69, 9.17) is 5.11 Å². The van der Waals surface area contributed by atoms with Gasteiger partial charge < -0.3 is 5.11 Å². The number of hydrogen-bond donors (Lipinski definition) is 1. The van der Waals surface area contributed by atoms with E-state index in [1.54, 1.807) is 6.92 Å². The van der Waals surface area contributed by atoms with Gasteiger partial charge in [-0.15, -0.1) is 0 Å². The second kappa shape index (κ2) is 7.83. The van der Waals surface area contributed by atoms with E-state index < -0.39 is 42.4 Å². The Morgan fingerprint density at radius 1 is 0.640 bits per heavy atom. The lowest BCUT2D eigenvalue weighted by Crippen LogP contribution is -2.68. The lowest BCUT2D eigenvalue weighted by Gasteiger charge is -2.38. The van der Waals surface area contributed by atoms with Crippen molar-refractivity contribution in [3.05, 3.63) is 0 Å². The van der Waals surface area contributed by atoms with Gasteiger partial charge in [-0.3, -0.25) is 0 Å². The second-order valence-electron chi connectivity index (χ2n) is 5.56. The molecule has 0 saturated heterocycles. The molecule has 25 heavy (non-hydrogen) atoms. The quantitative estimate of drug-likeness (QED) is 0.364. The van der Waals surface area contributed by atoms with Crippen LogP contribution in [0.25, 0.3) is 0 Å². The van der Waals surface area contributed by atoms with E-state index in [9.17, 15) is 48.3 Å². The summed E-state index contributed by atoms with van der Waals surface area (Å²) in [6, 6.07) is 0. The zero-order chi connectivity index (χ0) is 20.3. The summed E-state index contributed by atoms with van der Waals surface area (Å²) in [6.07, 6.45) is -10.2. The summed E-state index contributed by atoms with van der Waals surface area (Å²) in [5.41, 5.74) is 0. The van der Waals surface area contributed by atoms with Crippen molar-refractivity contribution in [3.63, 3.8) is 0 Å². The van der Waals surface area contributed by atoms with E-state index in [-0.39, 0.29) is 12.8 Å². The first-order valence-corrected chi connectivity index (χ1v) is 7.24. The van der Waals surface area contributed by atoms with Gasteiger partial charge in [0, 0.05) is 0 Å². The minimum atomic E-state index is -7.47. The highest BCUT2D eigenvalue weighted by Gasteiger charge is 2.87. The Kier molecular flexibility index (Phi) is 7.58. The van der Waals surface area contributed by atoms with Gasteiger partial charge in [-0.2, -0.15) is 48.3 Å². The molecule has 0 aliphatic carbocycles. The minimum Gasteiger partial charge on any atom is -0.387 e. The third kappa shape index (κ3) is 4.48. The van der Waals surface area contributed by atoms with E-state index in [0.29, 0.717) is 12.8 Å². The first kappa shape index (κ1) is 24.2. The fraction of sp³-hybridized carbons (Fsp3) is 1.00. The van der Waals surface area contributed by atoms with Crippen LogP contribution in [-0.4, -0.2) is 41.1 Å². The van der Waals surface area contributed by atoms with E-state index in [1.807, 2.05) is 0 Å². The predicted octanol–water partition coefficient (Wildman–Crippen LogP) is 5.81. The van der Waals surface area contributed by atoms with Crippen molar-refractivity contribution < 1.29 is 53.4 Å². The fourth-order valence-electron chi connectivity index (χ4n) is 1.92. The zero-order valence-corrected chi connectivity index (χ0v) is 12.9. The highest BCUT2D eigenvalue weighted by molar-refractivity contribution is 5.08. The number of rotatable bonds is 10. The molecule has 0 rings (SSSR count). The molecule has 0 heterocycles. The normalized spacial score (nSPS) is 16.2. The molecule has 0 saturated carbocycles.